The first-order valence-corrected chi connectivity index (χ1v) is 10.4. The lowest BCUT2D eigenvalue weighted by atomic mass is 9.95. The minimum absolute atomic E-state index is 0.487. The van der Waals surface area contributed by atoms with E-state index in [1.54, 1.807) is 0 Å². The predicted octanol–water partition coefficient (Wildman–Crippen LogP) is -2.86. The first-order valence-electron chi connectivity index (χ1n) is 9.25. The summed E-state index contributed by atoms with van der Waals surface area (Å²) in [5, 5.41) is 62.1. The number of alkyl halides is 3. The summed E-state index contributed by atoms with van der Waals surface area (Å²) < 4.78 is 19.9. The quantitative estimate of drug-likeness (QED) is 0.173. The van der Waals surface area contributed by atoms with Crippen molar-refractivity contribution in [3.63, 3.8) is 0 Å². The number of carbonyl (C=O) groups is 1. The Morgan fingerprint density at radius 3 is 2.00 bits per heavy atom. The highest BCUT2D eigenvalue weighted by Gasteiger charge is 2.51. The first kappa shape index (κ1) is 27.2. The van der Waals surface area contributed by atoms with Gasteiger partial charge in [-0.1, -0.05) is 34.8 Å². The van der Waals surface area contributed by atoms with Crippen LogP contribution in [0.15, 0.2) is 0 Å². The zero-order valence-electron chi connectivity index (χ0n) is 16.3. The zero-order chi connectivity index (χ0) is 23.5. The van der Waals surface area contributed by atoms with E-state index < -0.39 is 90.9 Å². The molecular formula is C16H26Cl3NO11. The second-order valence-corrected chi connectivity index (χ2v) is 9.68. The summed E-state index contributed by atoms with van der Waals surface area (Å²) in [6.07, 6.45) is -13.7. The Bertz CT molecular complexity index is 596. The van der Waals surface area contributed by atoms with Crippen molar-refractivity contribution >= 4 is 40.7 Å². The number of amides is 1. The molecule has 0 unspecified atom stereocenters. The predicted molar refractivity (Wildman–Crippen MR) is 104 cm³/mol. The van der Waals surface area contributed by atoms with E-state index in [1.165, 1.54) is 6.92 Å². The second-order valence-electron chi connectivity index (χ2n) is 7.17. The van der Waals surface area contributed by atoms with Gasteiger partial charge < -0.3 is 54.9 Å². The summed E-state index contributed by atoms with van der Waals surface area (Å²) in [7, 11) is 0. The van der Waals surface area contributed by atoms with Gasteiger partial charge in [-0.25, -0.2) is 0 Å². The van der Waals surface area contributed by atoms with Crippen LogP contribution in [0, 0.1) is 0 Å². The lowest BCUT2D eigenvalue weighted by molar-refractivity contribution is -0.344. The molecule has 2 heterocycles. The molecule has 12 nitrogen and oxygen atoms in total. The van der Waals surface area contributed by atoms with Gasteiger partial charge in [0.25, 0.3) is 0 Å². The van der Waals surface area contributed by atoms with E-state index >= 15 is 0 Å². The molecule has 2 aliphatic rings. The normalized spacial score (nSPS) is 41.7. The lowest BCUT2D eigenvalue weighted by Gasteiger charge is -2.47. The molecule has 2 rings (SSSR count). The van der Waals surface area contributed by atoms with Gasteiger partial charge in [-0.2, -0.15) is 0 Å². The van der Waals surface area contributed by atoms with E-state index in [9.17, 15) is 35.4 Å². The Hall–Kier alpha value is -0.0600. The highest BCUT2D eigenvalue weighted by atomic mass is 35.6. The maximum absolute atomic E-state index is 11.7. The van der Waals surface area contributed by atoms with Crippen molar-refractivity contribution < 1.29 is 54.4 Å². The molecule has 2 aliphatic heterocycles. The largest absolute Gasteiger partial charge is 0.394 e. The van der Waals surface area contributed by atoms with Crippen molar-refractivity contribution in [2.75, 3.05) is 19.8 Å². The van der Waals surface area contributed by atoms with Crippen LogP contribution in [-0.2, 0) is 23.7 Å². The highest BCUT2D eigenvalue weighted by Crippen LogP contribution is 2.32. The molecule has 2 fully saturated rings. The van der Waals surface area contributed by atoms with Gasteiger partial charge in [0, 0.05) is 6.92 Å². The van der Waals surface area contributed by atoms with Gasteiger partial charge in [0.2, 0.25) is 9.70 Å². The third-order valence-electron chi connectivity index (χ3n) is 4.77. The molecule has 0 aromatic heterocycles. The van der Waals surface area contributed by atoms with Crippen LogP contribution in [0.5, 0.6) is 0 Å². The molecule has 0 aromatic rings. The van der Waals surface area contributed by atoms with Crippen molar-refractivity contribution in [2.24, 2.45) is 0 Å². The van der Waals surface area contributed by atoms with Gasteiger partial charge in [0.15, 0.2) is 12.6 Å². The summed E-state index contributed by atoms with van der Waals surface area (Å²) in [5.41, 5.74) is 0. The van der Waals surface area contributed by atoms with E-state index in [0.29, 0.717) is 0 Å². The Balaban J connectivity index is 2.29. The van der Waals surface area contributed by atoms with Crippen molar-refractivity contribution in [2.45, 2.75) is 72.1 Å². The number of ether oxygens (including phenoxy) is 4. The van der Waals surface area contributed by atoms with Crippen LogP contribution >= 0.6 is 34.8 Å². The average Bonchev–Trinajstić information content (AvgIpc) is 2.69. The molecule has 2 saturated heterocycles. The Labute approximate surface area is 192 Å². The zero-order valence-corrected chi connectivity index (χ0v) is 18.5. The minimum atomic E-state index is -1.84. The number of aliphatic hydroxyl groups is 6. The van der Waals surface area contributed by atoms with Crippen LogP contribution in [-0.4, -0.2) is 122 Å². The number of hydrogen-bond acceptors (Lipinski definition) is 11. The van der Waals surface area contributed by atoms with Crippen molar-refractivity contribution in [1.82, 2.24) is 5.32 Å². The van der Waals surface area contributed by atoms with Crippen LogP contribution in [0.4, 0.5) is 0 Å². The van der Waals surface area contributed by atoms with Gasteiger partial charge >= 0.3 is 0 Å². The molecule has 0 aliphatic carbocycles. The van der Waals surface area contributed by atoms with Crippen LogP contribution in [0.3, 0.4) is 0 Å². The molecule has 0 radical (unpaired) electrons. The second kappa shape index (κ2) is 11.4. The molecule has 7 N–H and O–H groups in total. The lowest BCUT2D eigenvalue weighted by Crippen LogP contribution is -2.68. The molecule has 0 bridgehead atoms. The molecule has 31 heavy (non-hydrogen) atoms. The maximum atomic E-state index is 11.7. The van der Waals surface area contributed by atoms with Gasteiger partial charge in [-0.15, -0.1) is 0 Å². The molecule has 10 atom stereocenters. The Morgan fingerprint density at radius 1 is 0.935 bits per heavy atom. The molecule has 0 saturated carbocycles. The standard InChI is InChI=1S/C16H26Cl3NO11/c1-5(23)20-8-13(31-15-12(27)11(26)9(24)6(2-21)30-15)10(25)7(3-22)29-14(8)28-4-16(17,18)19/h6-15,21-22,24-27H,2-4H2,1H3,(H,20,23)/t6-,7-,8+,9+,10-,11+,12-,13-,14+,15+/m1/s1. The fourth-order valence-corrected chi connectivity index (χ4v) is 3.46. The summed E-state index contributed by atoms with van der Waals surface area (Å²) >= 11 is 17.0. The van der Waals surface area contributed by atoms with Gasteiger partial charge in [-0.3, -0.25) is 4.79 Å². The van der Waals surface area contributed by atoms with Crippen LogP contribution in [0.25, 0.3) is 0 Å². The Morgan fingerprint density at radius 2 is 1.48 bits per heavy atom. The third-order valence-corrected chi connectivity index (χ3v) is 5.10. The van der Waals surface area contributed by atoms with E-state index in [4.69, 9.17) is 53.8 Å². The monoisotopic (exact) mass is 513 g/mol. The van der Waals surface area contributed by atoms with Crippen molar-refractivity contribution in [3.05, 3.63) is 0 Å². The van der Waals surface area contributed by atoms with E-state index in [-0.39, 0.29) is 0 Å². The van der Waals surface area contributed by atoms with Crippen LogP contribution in [0.2, 0.25) is 0 Å². The average molecular weight is 515 g/mol. The fourth-order valence-electron chi connectivity index (χ4n) is 3.27. The molecule has 0 spiro atoms. The number of rotatable bonds is 7. The van der Waals surface area contributed by atoms with Crippen molar-refractivity contribution in [1.29, 1.82) is 0 Å². The van der Waals surface area contributed by atoms with Gasteiger partial charge in [0.1, 0.15) is 48.8 Å². The number of halogens is 3. The van der Waals surface area contributed by atoms with E-state index in [1.807, 2.05) is 0 Å². The third kappa shape index (κ3) is 6.96. The number of nitrogens with one attached hydrogen (secondary N) is 1. The summed E-state index contributed by atoms with van der Waals surface area (Å²) in [6.45, 7) is -0.707. The number of carbonyl (C=O) groups excluding carboxylic acids is 1. The van der Waals surface area contributed by atoms with Crippen LogP contribution < -0.4 is 5.32 Å². The fraction of sp³-hybridized carbons (Fsp3) is 0.938. The highest BCUT2D eigenvalue weighted by molar-refractivity contribution is 6.67. The smallest absolute Gasteiger partial charge is 0.217 e. The number of aliphatic hydroxyl groups excluding tert-OH is 6. The Kier molecular flexibility index (Phi) is 9.98. The maximum Gasteiger partial charge on any atom is 0.217 e. The van der Waals surface area contributed by atoms with Crippen LogP contribution in [0.1, 0.15) is 6.92 Å². The molecule has 1 amide bonds. The summed E-state index contributed by atoms with van der Waals surface area (Å²) in [5.74, 6) is -0.576. The molecular weight excluding hydrogens is 489 g/mol. The topological polar surface area (TPSA) is 187 Å². The number of hydrogen-bond donors (Lipinski definition) is 7. The summed E-state index contributed by atoms with van der Waals surface area (Å²) in [6, 6.07) is -1.24. The molecule has 15 heteroatoms. The summed E-state index contributed by atoms with van der Waals surface area (Å²) in [4.78, 5) is 11.7. The molecule has 0 aromatic carbocycles. The van der Waals surface area contributed by atoms with E-state index in [0.717, 1.165) is 0 Å². The van der Waals surface area contributed by atoms with Gasteiger partial charge in [-0.05, 0) is 0 Å². The molecule has 182 valence electrons. The SMILES string of the molecule is CC(=O)N[C@@H]1[C@@H](OCC(Cl)(Cl)Cl)O[C@H](CO)[C@@H](O)[C@@H]1O[C@@H]1O[C@H](CO)[C@H](O)[C@H](O)[C@H]1O. The van der Waals surface area contributed by atoms with E-state index in [2.05, 4.69) is 5.32 Å². The van der Waals surface area contributed by atoms with Crippen molar-refractivity contribution in [3.8, 4) is 0 Å². The first-order chi connectivity index (χ1) is 14.4. The minimum Gasteiger partial charge on any atom is -0.394 e. The van der Waals surface area contributed by atoms with Gasteiger partial charge in [0.05, 0.1) is 19.8 Å².